The zero-order valence-corrected chi connectivity index (χ0v) is 19.6. The summed E-state index contributed by atoms with van der Waals surface area (Å²) in [5.41, 5.74) is 9.50. The molecule has 0 aliphatic heterocycles. The van der Waals surface area contributed by atoms with E-state index < -0.39 is 0 Å². The Kier molecular flexibility index (Phi) is 7.16. The fourth-order valence-electron chi connectivity index (χ4n) is 5.11. The predicted molar refractivity (Wildman–Crippen MR) is 136 cm³/mol. The second-order valence-corrected chi connectivity index (χ2v) is 9.22. The number of nitrogen functional groups attached to an aromatic ring is 1. The summed E-state index contributed by atoms with van der Waals surface area (Å²) >= 11 is 0. The minimum absolute atomic E-state index is 0.423. The van der Waals surface area contributed by atoms with E-state index in [1.165, 1.54) is 12.0 Å². The van der Waals surface area contributed by atoms with Gasteiger partial charge in [-0.1, -0.05) is 30.3 Å². The SMILES string of the molecule is Nc1ncnc2c1c(-c1ncc[nH]1)cn2C1CCC(CNCCCNCCc2ccccc2)C1. The largest absolute Gasteiger partial charge is 0.383 e. The number of fused-ring (bicyclic) bond motifs is 1. The van der Waals surface area contributed by atoms with Crippen molar-refractivity contribution in [1.29, 1.82) is 0 Å². The van der Waals surface area contributed by atoms with Crippen molar-refractivity contribution in [2.24, 2.45) is 5.92 Å². The monoisotopic (exact) mass is 458 g/mol. The van der Waals surface area contributed by atoms with Gasteiger partial charge in [-0.25, -0.2) is 15.0 Å². The van der Waals surface area contributed by atoms with Crippen LogP contribution in [-0.4, -0.2) is 50.7 Å². The van der Waals surface area contributed by atoms with E-state index in [4.69, 9.17) is 5.73 Å². The van der Waals surface area contributed by atoms with Crippen molar-refractivity contribution in [2.45, 2.75) is 38.1 Å². The van der Waals surface area contributed by atoms with Crippen LogP contribution in [0.3, 0.4) is 0 Å². The molecule has 1 aromatic carbocycles. The molecule has 1 aliphatic carbocycles. The smallest absolute Gasteiger partial charge is 0.146 e. The normalized spacial score (nSPS) is 18.1. The summed E-state index contributed by atoms with van der Waals surface area (Å²) in [5, 5.41) is 8.11. The minimum atomic E-state index is 0.423. The lowest BCUT2D eigenvalue weighted by Gasteiger charge is -2.15. The lowest BCUT2D eigenvalue weighted by atomic mass is 10.1. The predicted octanol–water partition coefficient (Wildman–Crippen LogP) is 3.56. The van der Waals surface area contributed by atoms with Gasteiger partial charge in [-0.2, -0.15) is 0 Å². The first-order valence-corrected chi connectivity index (χ1v) is 12.4. The maximum absolute atomic E-state index is 6.24. The van der Waals surface area contributed by atoms with Crippen LogP contribution in [0.25, 0.3) is 22.4 Å². The van der Waals surface area contributed by atoms with Crippen molar-refractivity contribution in [3.63, 3.8) is 0 Å². The highest BCUT2D eigenvalue weighted by molar-refractivity contribution is 5.99. The molecule has 4 aromatic rings. The van der Waals surface area contributed by atoms with E-state index in [9.17, 15) is 0 Å². The standard InChI is InChI=1S/C26H34N8/c27-24-23-22(25-30-13-14-31-25)17-34(26(23)33-18-32-24)21-8-7-20(15-21)16-29-11-4-10-28-12-9-19-5-2-1-3-6-19/h1-3,5-6,13-14,17-18,20-21,28-29H,4,7-12,15-16H2,(H,30,31)(H2,27,32,33). The number of hydrogen-bond donors (Lipinski definition) is 4. The molecule has 0 saturated heterocycles. The molecule has 1 saturated carbocycles. The van der Waals surface area contributed by atoms with Gasteiger partial charge in [-0.3, -0.25) is 0 Å². The van der Waals surface area contributed by atoms with Crippen molar-refractivity contribution < 1.29 is 0 Å². The van der Waals surface area contributed by atoms with Crippen LogP contribution in [0.15, 0.2) is 55.2 Å². The number of aromatic amines is 1. The molecule has 0 spiro atoms. The summed E-state index contributed by atoms with van der Waals surface area (Å²) in [7, 11) is 0. The van der Waals surface area contributed by atoms with Crippen LogP contribution < -0.4 is 16.4 Å². The van der Waals surface area contributed by atoms with Gasteiger partial charge in [0, 0.05) is 30.2 Å². The van der Waals surface area contributed by atoms with Gasteiger partial charge in [0.25, 0.3) is 0 Å². The van der Waals surface area contributed by atoms with Crippen LogP contribution in [0.4, 0.5) is 5.82 Å². The highest BCUT2D eigenvalue weighted by atomic mass is 15.1. The van der Waals surface area contributed by atoms with Gasteiger partial charge in [-0.15, -0.1) is 0 Å². The molecule has 1 fully saturated rings. The number of rotatable bonds is 11. The molecular formula is C26H34N8. The number of nitrogens with zero attached hydrogens (tertiary/aromatic N) is 4. The average molecular weight is 459 g/mol. The van der Waals surface area contributed by atoms with E-state index >= 15 is 0 Å². The molecule has 2 unspecified atom stereocenters. The zero-order chi connectivity index (χ0) is 23.2. The Labute approximate surface area is 200 Å². The van der Waals surface area contributed by atoms with Crippen LogP contribution in [-0.2, 0) is 6.42 Å². The Balaban J connectivity index is 1.08. The van der Waals surface area contributed by atoms with Crippen molar-refractivity contribution in [2.75, 3.05) is 31.9 Å². The Morgan fingerprint density at radius 1 is 1.03 bits per heavy atom. The summed E-state index contributed by atoms with van der Waals surface area (Å²) < 4.78 is 2.29. The summed E-state index contributed by atoms with van der Waals surface area (Å²) in [6, 6.07) is 11.1. The highest BCUT2D eigenvalue weighted by Crippen LogP contribution is 2.39. The van der Waals surface area contributed by atoms with Crippen LogP contribution in [0, 0.1) is 5.92 Å². The molecule has 5 rings (SSSR count). The van der Waals surface area contributed by atoms with E-state index in [1.54, 1.807) is 12.5 Å². The fraction of sp³-hybridized carbons (Fsp3) is 0.423. The lowest BCUT2D eigenvalue weighted by molar-refractivity contribution is 0.452. The van der Waals surface area contributed by atoms with Gasteiger partial charge >= 0.3 is 0 Å². The second-order valence-electron chi connectivity index (χ2n) is 9.22. The molecule has 3 aromatic heterocycles. The fourth-order valence-corrected chi connectivity index (χ4v) is 5.11. The van der Waals surface area contributed by atoms with Crippen molar-refractivity contribution in [1.82, 2.24) is 35.1 Å². The van der Waals surface area contributed by atoms with Crippen molar-refractivity contribution >= 4 is 16.9 Å². The molecular weight excluding hydrogens is 424 g/mol. The number of H-pyrrole nitrogens is 1. The van der Waals surface area contributed by atoms with Crippen LogP contribution in [0.1, 0.15) is 37.3 Å². The average Bonchev–Trinajstić information content (AvgIpc) is 3.61. The number of benzene rings is 1. The van der Waals surface area contributed by atoms with Gasteiger partial charge in [0.1, 0.15) is 23.6 Å². The first-order chi connectivity index (χ1) is 16.8. The zero-order valence-electron chi connectivity index (χ0n) is 19.6. The van der Waals surface area contributed by atoms with E-state index in [0.717, 1.165) is 74.3 Å². The van der Waals surface area contributed by atoms with E-state index in [1.807, 2.05) is 6.20 Å². The maximum atomic E-state index is 6.24. The van der Waals surface area contributed by atoms with E-state index in [0.29, 0.717) is 17.8 Å². The Morgan fingerprint density at radius 2 is 1.91 bits per heavy atom. The van der Waals surface area contributed by atoms with Gasteiger partial charge in [-0.05, 0) is 69.8 Å². The van der Waals surface area contributed by atoms with Gasteiger partial charge in [0.15, 0.2) is 0 Å². The first-order valence-electron chi connectivity index (χ1n) is 12.4. The molecule has 0 radical (unpaired) electrons. The molecule has 1 aliphatic rings. The van der Waals surface area contributed by atoms with Crippen LogP contribution >= 0.6 is 0 Å². The van der Waals surface area contributed by atoms with E-state index in [-0.39, 0.29) is 0 Å². The first kappa shape index (κ1) is 22.6. The third kappa shape index (κ3) is 5.13. The van der Waals surface area contributed by atoms with Gasteiger partial charge < -0.3 is 25.9 Å². The van der Waals surface area contributed by atoms with Crippen molar-refractivity contribution in [3.05, 3.63) is 60.8 Å². The minimum Gasteiger partial charge on any atom is -0.383 e. The third-order valence-electron chi connectivity index (χ3n) is 6.87. The second kappa shape index (κ2) is 10.8. The van der Waals surface area contributed by atoms with Crippen LogP contribution in [0.5, 0.6) is 0 Å². The lowest BCUT2D eigenvalue weighted by Crippen LogP contribution is -2.26. The molecule has 3 heterocycles. The Bertz CT molecular complexity index is 1170. The summed E-state index contributed by atoms with van der Waals surface area (Å²) in [6.45, 7) is 4.21. The topological polar surface area (TPSA) is 109 Å². The highest BCUT2D eigenvalue weighted by Gasteiger charge is 2.28. The number of nitrogens with two attached hydrogens (primary N) is 1. The molecule has 8 nitrogen and oxygen atoms in total. The molecule has 0 amide bonds. The number of imidazole rings is 1. The maximum Gasteiger partial charge on any atom is 0.146 e. The molecule has 34 heavy (non-hydrogen) atoms. The number of hydrogen-bond acceptors (Lipinski definition) is 6. The molecule has 2 atom stereocenters. The molecule has 178 valence electrons. The van der Waals surface area contributed by atoms with E-state index in [2.05, 4.69) is 71.7 Å². The van der Waals surface area contributed by atoms with Gasteiger partial charge in [0.2, 0.25) is 0 Å². The van der Waals surface area contributed by atoms with Crippen LogP contribution in [0.2, 0.25) is 0 Å². The number of anilines is 1. The summed E-state index contributed by atoms with van der Waals surface area (Å²) in [6.07, 6.45) is 13.1. The number of nitrogens with one attached hydrogen (secondary N) is 3. The Hall–Kier alpha value is -3.23. The molecule has 8 heteroatoms. The number of aromatic nitrogens is 5. The third-order valence-corrected chi connectivity index (χ3v) is 6.87. The summed E-state index contributed by atoms with van der Waals surface area (Å²) in [5.74, 6) is 1.99. The quantitative estimate of drug-likeness (QED) is 0.256. The Morgan fingerprint density at radius 3 is 2.76 bits per heavy atom. The molecule has 5 N–H and O–H groups in total. The van der Waals surface area contributed by atoms with Gasteiger partial charge in [0.05, 0.1) is 5.39 Å². The molecule has 0 bridgehead atoms. The van der Waals surface area contributed by atoms with Crippen molar-refractivity contribution in [3.8, 4) is 11.4 Å². The summed E-state index contributed by atoms with van der Waals surface area (Å²) in [4.78, 5) is 16.4.